The van der Waals surface area contributed by atoms with E-state index in [9.17, 15) is 19.2 Å². The van der Waals surface area contributed by atoms with Gasteiger partial charge in [0.05, 0.1) is 27.6 Å². The topological polar surface area (TPSA) is 118 Å². The number of hydrogen-bond acceptors (Lipinski definition) is 6. The molecule has 1 unspecified atom stereocenters. The van der Waals surface area contributed by atoms with E-state index in [0.717, 1.165) is 72.3 Å². The summed E-state index contributed by atoms with van der Waals surface area (Å²) < 4.78 is 14.0. The number of hydrogen-bond donors (Lipinski definition) is 1. The van der Waals surface area contributed by atoms with Crippen molar-refractivity contribution in [2.24, 2.45) is 17.1 Å². The predicted molar refractivity (Wildman–Crippen MR) is 173 cm³/mol. The molecule has 1 fully saturated rings. The fourth-order valence-corrected chi connectivity index (χ4v) is 7.42. The minimum Gasteiger partial charge on any atom is -1.00 e. The monoisotopic (exact) mass is 657 g/mol. The normalized spacial score (nSPS) is 19.9. The highest BCUT2D eigenvalue weighted by Crippen LogP contribution is 2.40. The number of carbonyl (C=O) groups excluding carboxylic acids is 4. The molecule has 0 spiro atoms. The smallest absolute Gasteiger partial charge is 0.310 e. The van der Waals surface area contributed by atoms with E-state index in [1.165, 1.54) is 6.92 Å². The zero-order valence-electron chi connectivity index (χ0n) is 28.8. The highest BCUT2D eigenvalue weighted by molar-refractivity contribution is 6.01. The van der Waals surface area contributed by atoms with E-state index in [1.807, 2.05) is 33.3 Å². The number of halogens is 1. The van der Waals surface area contributed by atoms with E-state index in [2.05, 4.69) is 38.3 Å². The number of nitrogens with two attached hydrogens (primary N) is 1. The Morgan fingerprint density at radius 2 is 1.74 bits per heavy atom. The molecule has 10 heteroatoms. The lowest BCUT2D eigenvalue weighted by atomic mass is 9.75. The molecule has 1 aromatic carbocycles. The van der Waals surface area contributed by atoms with Gasteiger partial charge >= 0.3 is 11.9 Å². The zero-order chi connectivity index (χ0) is 33.3. The lowest BCUT2D eigenvalue weighted by Crippen LogP contribution is -3.00. The molecule has 0 radical (unpaired) electrons. The van der Waals surface area contributed by atoms with Crippen LogP contribution in [0.5, 0.6) is 0 Å². The molecular weight excluding hydrogens is 606 g/mol. The van der Waals surface area contributed by atoms with Gasteiger partial charge in [0.25, 0.3) is 0 Å². The van der Waals surface area contributed by atoms with Crippen molar-refractivity contribution in [2.45, 2.75) is 105 Å². The average molecular weight is 658 g/mol. The number of likely N-dealkylation sites (N-methyl/N-ethyl adjacent to an activating group) is 1. The third kappa shape index (κ3) is 9.00. The summed E-state index contributed by atoms with van der Waals surface area (Å²) in [6.07, 6.45) is 5.33. The number of benzene rings is 1. The van der Waals surface area contributed by atoms with E-state index in [1.54, 1.807) is 0 Å². The van der Waals surface area contributed by atoms with Gasteiger partial charge in [-0.2, -0.15) is 0 Å². The highest BCUT2D eigenvalue weighted by Gasteiger charge is 2.37. The lowest BCUT2D eigenvalue weighted by Gasteiger charge is -2.31. The zero-order valence-corrected chi connectivity index (χ0v) is 29.6. The quantitative estimate of drug-likeness (QED) is 0.293. The molecule has 1 atom stereocenters. The summed E-state index contributed by atoms with van der Waals surface area (Å²) >= 11 is 0. The van der Waals surface area contributed by atoms with Gasteiger partial charge < -0.3 is 36.7 Å². The van der Waals surface area contributed by atoms with Crippen LogP contribution in [0.2, 0.25) is 0 Å². The highest BCUT2D eigenvalue weighted by atomic mass is 35.5. The number of rotatable bonds is 11. The standard InChI is InChI=1S/C36H51N3O6.ClH/c1-9-29-22(2)38(31-19-36(4,5)20-32(41)34(29)31)26-12-15-30(35(37)43)25(17-26)16-24-10-13-27(14-11-24)45-33(42)18-28(44-23(3)40)21-39(6,7)8;/h12,15,17,24,27-28H,9-11,13-14,16,18-21H2,1-8H3,(H-,37,43);1H. The molecule has 9 nitrogen and oxygen atoms in total. The largest absolute Gasteiger partial charge is 1.00 e. The summed E-state index contributed by atoms with van der Waals surface area (Å²) in [6.45, 7) is 10.3. The third-order valence-electron chi connectivity index (χ3n) is 9.24. The Kier molecular flexibility index (Phi) is 11.9. The summed E-state index contributed by atoms with van der Waals surface area (Å²) in [4.78, 5) is 50.1. The van der Waals surface area contributed by atoms with Crippen molar-refractivity contribution in [3.05, 3.63) is 51.8 Å². The van der Waals surface area contributed by atoms with Crippen LogP contribution in [0.25, 0.3) is 5.69 Å². The number of ketones is 1. The van der Waals surface area contributed by atoms with Crippen molar-refractivity contribution < 1.29 is 45.5 Å². The van der Waals surface area contributed by atoms with E-state index >= 15 is 0 Å². The molecule has 1 heterocycles. The molecule has 0 bridgehead atoms. The van der Waals surface area contributed by atoms with Gasteiger partial charge in [0.2, 0.25) is 5.91 Å². The maximum Gasteiger partial charge on any atom is 0.310 e. The molecule has 2 aliphatic carbocycles. The number of esters is 2. The fraction of sp³-hybridized carbons (Fsp3) is 0.611. The van der Waals surface area contributed by atoms with Crippen molar-refractivity contribution in [3.63, 3.8) is 0 Å². The number of aromatic nitrogens is 1. The van der Waals surface area contributed by atoms with Crippen LogP contribution in [0, 0.1) is 18.3 Å². The first-order chi connectivity index (χ1) is 21.0. The molecule has 4 rings (SSSR count). The van der Waals surface area contributed by atoms with Crippen LogP contribution in [0.4, 0.5) is 0 Å². The van der Waals surface area contributed by atoms with Crippen LogP contribution in [0.3, 0.4) is 0 Å². The number of quaternary nitrogens is 1. The number of carbonyl (C=O) groups is 4. The first-order valence-corrected chi connectivity index (χ1v) is 16.3. The predicted octanol–water partition coefficient (Wildman–Crippen LogP) is 2.28. The molecule has 0 aliphatic heterocycles. The van der Waals surface area contributed by atoms with Crippen LogP contribution in [-0.2, 0) is 38.3 Å². The van der Waals surface area contributed by atoms with Gasteiger partial charge in [0.15, 0.2) is 11.9 Å². The number of amides is 1. The Hall–Kier alpha value is -3.17. The molecule has 1 aromatic heterocycles. The van der Waals surface area contributed by atoms with Crippen LogP contribution >= 0.6 is 0 Å². The number of ether oxygens (including phenoxy) is 2. The number of Topliss-reactive ketones (excluding diaryl/α,β-unsaturated/α-hetero) is 1. The fourth-order valence-electron chi connectivity index (χ4n) is 7.42. The van der Waals surface area contributed by atoms with Crippen molar-refractivity contribution in [3.8, 4) is 5.69 Å². The molecule has 46 heavy (non-hydrogen) atoms. The molecule has 2 aliphatic rings. The minimum absolute atomic E-state index is 0. The summed E-state index contributed by atoms with van der Waals surface area (Å²) in [5, 5.41) is 0. The van der Waals surface area contributed by atoms with E-state index in [-0.39, 0.29) is 42.1 Å². The van der Waals surface area contributed by atoms with Crippen LogP contribution < -0.4 is 18.1 Å². The first-order valence-electron chi connectivity index (χ1n) is 16.3. The second kappa shape index (κ2) is 14.7. The van der Waals surface area contributed by atoms with E-state index in [0.29, 0.717) is 35.4 Å². The van der Waals surface area contributed by atoms with Crippen LogP contribution in [-0.4, -0.2) is 72.6 Å². The van der Waals surface area contributed by atoms with Gasteiger partial charge in [-0.05, 0) is 92.5 Å². The Morgan fingerprint density at radius 1 is 1.09 bits per heavy atom. The second-order valence-corrected chi connectivity index (χ2v) is 15.0. The van der Waals surface area contributed by atoms with Crippen molar-refractivity contribution in [1.82, 2.24) is 4.57 Å². The molecule has 0 saturated heterocycles. The lowest BCUT2D eigenvalue weighted by molar-refractivity contribution is -0.873. The summed E-state index contributed by atoms with van der Waals surface area (Å²) in [7, 11) is 5.96. The molecule has 1 amide bonds. The van der Waals surface area contributed by atoms with Gasteiger partial charge in [-0.1, -0.05) is 20.8 Å². The van der Waals surface area contributed by atoms with Gasteiger partial charge in [-0.15, -0.1) is 0 Å². The first kappa shape index (κ1) is 37.3. The maximum absolute atomic E-state index is 13.3. The van der Waals surface area contributed by atoms with Gasteiger partial charge in [-0.25, -0.2) is 0 Å². The van der Waals surface area contributed by atoms with Gasteiger partial charge in [0.1, 0.15) is 12.6 Å². The van der Waals surface area contributed by atoms with Gasteiger partial charge in [0, 0.05) is 41.5 Å². The number of primary amides is 1. The Morgan fingerprint density at radius 3 is 2.30 bits per heavy atom. The van der Waals surface area contributed by atoms with Crippen molar-refractivity contribution in [2.75, 3.05) is 27.7 Å². The van der Waals surface area contributed by atoms with Crippen molar-refractivity contribution >= 4 is 23.6 Å². The number of fused-ring (bicyclic) bond motifs is 1. The average Bonchev–Trinajstić information content (AvgIpc) is 3.18. The Labute approximate surface area is 280 Å². The molecule has 2 aromatic rings. The SMILES string of the molecule is CCc1c2c(n(-c3ccc(C(N)=O)c(CC4CCC(OC(=O)CC(C[N+](C)(C)C)OC(C)=O)CC4)c3)c1C)CC(C)(C)CC2=O.[Cl-]. The Balaban J connectivity index is 0.00000576. The molecule has 2 N–H and O–H groups in total. The number of nitrogens with zero attached hydrogens (tertiary/aromatic N) is 2. The maximum atomic E-state index is 13.3. The molecule has 254 valence electrons. The summed E-state index contributed by atoms with van der Waals surface area (Å²) in [5.41, 5.74) is 12.2. The Bertz CT molecular complexity index is 1460. The van der Waals surface area contributed by atoms with E-state index < -0.39 is 18.0 Å². The van der Waals surface area contributed by atoms with E-state index in [4.69, 9.17) is 15.2 Å². The van der Waals surface area contributed by atoms with Crippen LogP contribution in [0.15, 0.2) is 18.2 Å². The van der Waals surface area contributed by atoms with Crippen LogP contribution in [0.1, 0.15) is 109 Å². The minimum atomic E-state index is -0.530. The third-order valence-corrected chi connectivity index (χ3v) is 9.24. The summed E-state index contributed by atoms with van der Waals surface area (Å²) in [6, 6.07) is 5.85. The summed E-state index contributed by atoms with van der Waals surface area (Å²) in [5.74, 6) is -0.683. The second-order valence-electron chi connectivity index (χ2n) is 15.0. The van der Waals surface area contributed by atoms with Crippen molar-refractivity contribution in [1.29, 1.82) is 0 Å². The molecule has 1 saturated carbocycles. The molecular formula is C36H52ClN3O6. The van der Waals surface area contributed by atoms with Gasteiger partial charge in [-0.3, -0.25) is 19.2 Å².